The zero-order chi connectivity index (χ0) is 12.3. The van der Waals surface area contributed by atoms with Crippen LogP contribution in [0.4, 0.5) is 0 Å². The highest BCUT2D eigenvalue weighted by Crippen LogP contribution is 2.24. The number of benzene rings is 1. The van der Waals surface area contributed by atoms with E-state index in [9.17, 15) is 4.79 Å². The van der Waals surface area contributed by atoms with Crippen LogP contribution >= 0.6 is 23.2 Å². The van der Waals surface area contributed by atoms with Gasteiger partial charge in [0, 0.05) is 29.1 Å². The van der Waals surface area contributed by atoms with Crippen LogP contribution in [0.15, 0.2) is 18.2 Å². The highest BCUT2D eigenvalue weighted by Gasteiger charge is 2.19. The van der Waals surface area contributed by atoms with Gasteiger partial charge in [-0.25, -0.2) is 0 Å². The molecule has 1 atom stereocenters. The predicted molar refractivity (Wildman–Crippen MR) is 70.5 cm³/mol. The lowest BCUT2D eigenvalue weighted by molar-refractivity contribution is -0.112. The maximum Gasteiger partial charge on any atom is 0.124 e. The quantitative estimate of drug-likeness (QED) is 0.786. The van der Waals surface area contributed by atoms with Gasteiger partial charge in [-0.05, 0) is 37.1 Å². The van der Waals surface area contributed by atoms with Crippen LogP contribution in [0.3, 0.4) is 0 Å². The van der Waals surface area contributed by atoms with Crippen molar-refractivity contribution in [1.82, 2.24) is 4.90 Å². The van der Waals surface area contributed by atoms with Gasteiger partial charge >= 0.3 is 0 Å². The molecule has 1 aromatic carbocycles. The van der Waals surface area contributed by atoms with Crippen LogP contribution in [-0.2, 0) is 11.3 Å². The molecule has 1 fully saturated rings. The van der Waals surface area contributed by atoms with Gasteiger partial charge in [-0.3, -0.25) is 4.90 Å². The normalized spacial score (nSPS) is 21.4. The first-order chi connectivity index (χ1) is 8.19. The molecule has 0 aromatic heterocycles. The summed E-state index contributed by atoms with van der Waals surface area (Å²) in [6, 6.07) is 5.57. The molecule has 2 rings (SSSR count). The van der Waals surface area contributed by atoms with Crippen molar-refractivity contribution in [2.24, 2.45) is 5.92 Å². The number of aldehydes is 1. The molecule has 0 N–H and O–H groups in total. The SMILES string of the molecule is O=CC1CCCN(Cc2ccc(Cl)cc2Cl)C1. The Morgan fingerprint density at radius 2 is 2.24 bits per heavy atom. The summed E-state index contributed by atoms with van der Waals surface area (Å²) in [5.74, 6) is 0.176. The zero-order valence-electron chi connectivity index (χ0n) is 9.53. The summed E-state index contributed by atoms with van der Waals surface area (Å²) in [7, 11) is 0. The standard InChI is InChI=1S/C13H15Cl2NO/c14-12-4-3-11(13(15)6-12)8-16-5-1-2-10(7-16)9-17/h3-4,6,9-10H,1-2,5,7-8H2. The van der Waals surface area contributed by atoms with Crippen LogP contribution < -0.4 is 0 Å². The summed E-state index contributed by atoms with van der Waals surface area (Å²) >= 11 is 12.0. The summed E-state index contributed by atoms with van der Waals surface area (Å²) in [6.07, 6.45) is 3.15. The van der Waals surface area contributed by atoms with Crippen molar-refractivity contribution in [3.05, 3.63) is 33.8 Å². The lowest BCUT2D eigenvalue weighted by atomic mass is 9.99. The molecule has 1 aliphatic heterocycles. The topological polar surface area (TPSA) is 20.3 Å². The molecule has 2 nitrogen and oxygen atoms in total. The van der Waals surface area contributed by atoms with Gasteiger partial charge in [0.2, 0.25) is 0 Å². The second-order valence-corrected chi connectivity index (χ2v) is 5.35. The van der Waals surface area contributed by atoms with E-state index in [2.05, 4.69) is 4.90 Å². The summed E-state index contributed by atoms with van der Waals surface area (Å²) in [4.78, 5) is 13.1. The average molecular weight is 272 g/mol. The molecule has 0 radical (unpaired) electrons. The number of likely N-dealkylation sites (tertiary alicyclic amines) is 1. The Bertz CT molecular complexity index is 408. The van der Waals surface area contributed by atoms with Crippen molar-refractivity contribution in [3.63, 3.8) is 0 Å². The Morgan fingerprint density at radius 1 is 1.41 bits per heavy atom. The van der Waals surface area contributed by atoms with E-state index in [0.717, 1.165) is 44.3 Å². The van der Waals surface area contributed by atoms with Gasteiger partial charge in [-0.15, -0.1) is 0 Å². The molecule has 4 heteroatoms. The molecule has 1 saturated heterocycles. The van der Waals surface area contributed by atoms with Gasteiger partial charge in [-0.2, -0.15) is 0 Å². The third-order valence-corrected chi connectivity index (χ3v) is 3.73. The van der Waals surface area contributed by atoms with Gasteiger partial charge in [0.1, 0.15) is 6.29 Å². The predicted octanol–water partition coefficient (Wildman–Crippen LogP) is 3.40. The van der Waals surface area contributed by atoms with Gasteiger partial charge in [0.25, 0.3) is 0 Å². The van der Waals surface area contributed by atoms with E-state index in [1.807, 2.05) is 12.1 Å². The van der Waals surface area contributed by atoms with E-state index in [1.165, 1.54) is 0 Å². The van der Waals surface area contributed by atoms with Crippen molar-refractivity contribution in [3.8, 4) is 0 Å². The van der Waals surface area contributed by atoms with E-state index in [-0.39, 0.29) is 5.92 Å². The largest absolute Gasteiger partial charge is 0.303 e. The second kappa shape index (κ2) is 5.85. The molecular weight excluding hydrogens is 257 g/mol. The number of hydrogen-bond acceptors (Lipinski definition) is 2. The lowest BCUT2D eigenvalue weighted by Gasteiger charge is -2.30. The van der Waals surface area contributed by atoms with Crippen molar-refractivity contribution in [2.75, 3.05) is 13.1 Å². The molecular formula is C13H15Cl2NO. The smallest absolute Gasteiger partial charge is 0.124 e. The molecule has 17 heavy (non-hydrogen) atoms. The fourth-order valence-electron chi connectivity index (χ4n) is 2.24. The van der Waals surface area contributed by atoms with Crippen LogP contribution in [0.25, 0.3) is 0 Å². The number of halogens is 2. The van der Waals surface area contributed by atoms with Crippen LogP contribution in [0.2, 0.25) is 10.0 Å². The van der Waals surface area contributed by atoms with Crippen molar-refractivity contribution in [1.29, 1.82) is 0 Å². The van der Waals surface area contributed by atoms with E-state index in [0.29, 0.717) is 10.0 Å². The first kappa shape index (κ1) is 12.9. The van der Waals surface area contributed by atoms with E-state index >= 15 is 0 Å². The van der Waals surface area contributed by atoms with Gasteiger partial charge in [0.05, 0.1) is 0 Å². The van der Waals surface area contributed by atoms with Gasteiger partial charge in [0.15, 0.2) is 0 Å². The second-order valence-electron chi connectivity index (χ2n) is 4.51. The van der Waals surface area contributed by atoms with Crippen molar-refractivity contribution < 1.29 is 4.79 Å². The average Bonchev–Trinajstić information content (AvgIpc) is 2.33. The van der Waals surface area contributed by atoms with E-state index in [4.69, 9.17) is 23.2 Å². The monoisotopic (exact) mass is 271 g/mol. The Kier molecular flexibility index (Phi) is 4.43. The Balaban J connectivity index is 2.02. The molecule has 1 aromatic rings. The number of nitrogens with zero attached hydrogens (tertiary/aromatic N) is 1. The third kappa shape index (κ3) is 3.44. The summed E-state index contributed by atoms with van der Waals surface area (Å²) in [5, 5.41) is 1.36. The fourth-order valence-corrected chi connectivity index (χ4v) is 2.71. The van der Waals surface area contributed by atoms with Crippen LogP contribution in [0, 0.1) is 5.92 Å². The molecule has 0 spiro atoms. The Labute approximate surface area is 112 Å². The highest BCUT2D eigenvalue weighted by molar-refractivity contribution is 6.35. The summed E-state index contributed by atoms with van der Waals surface area (Å²) < 4.78 is 0. The van der Waals surface area contributed by atoms with E-state index < -0.39 is 0 Å². The third-order valence-electron chi connectivity index (χ3n) is 3.14. The molecule has 1 aliphatic rings. The number of hydrogen-bond donors (Lipinski definition) is 0. The summed E-state index contributed by atoms with van der Waals surface area (Å²) in [5.41, 5.74) is 1.07. The fraction of sp³-hybridized carbons (Fsp3) is 0.462. The molecule has 92 valence electrons. The molecule has 1 heterocycles. The first-order valence-corrected chi connectivity index (χ1v) is 6.56. The maximum atomic E-state index is 10.8. The first-order valence-electron chi connectivity index (χ1n) is 5.80. The van der Waals surface area contributed by atoms with Crippen molar-refractivity contribution in [2.45, 2.75) is 19.4 Å². The van der Waals surface area contributed by atoms with Gasteiger partial charge < -0.3 is 4.79 Å². The minimum atomic E-state index is 0.176. The summed E-state index contributed by atoms with van der Waals surface area (Å²) in [6.45, 7) is 2.66. The van der Waals surface area contributed by atoms with Crippen LogP contribution in [0.5, 0.6) is 0 Å². The van der Waals surface area contributed by atoms with E-state index in [1.54, 1.807) is 6.07 Å². The highest BCUT2D eigenvalue weighted by atomic mass is 35.5. The Morgan fingerprint density at radius 3 is 2.94 bits per heavy atom. The van der Waals surface area contributed by atoms with Crippen molar-refractivity contribution >= 4 is 29.5 Å². The zero-order valence-corrected chi connectivity index (χ0v) is 11.0. The van der Waals surface area contributed by atoms with Crippen LogP contribution in [0.1, 0.15) is 18.4 Å². The number of rotatable bonds is 3. The van der Waals surface area contributed by atoms with Crippen LogP contribution in [-0.4, -0.2) is 24.3 Å². The lowest BCUT2D eigenvalue weighted by Crippen LogP contribution is -2.35. The number of carbonyl (C=O) groups is 1. The number of piperidine rings is 1. The molecule has 1 unspecified atom stereocenters. The molecule has 0 aliphatic carbocycles. The maximum absolute atomic E-state index is 10.8. The molecule has 0 amide bonds. The minimum Gasteiger partial charge on any atom is -0.303 e. The Hall–Kier alpha value is -0.570. The molecule has 0 bridgehead atoms. The minimum absolute atomic E-state index is 0.176. The number of carbonyl (C=O) groups excluding carboxylic acids is 1. The van der Waals surface area contributed by atoms with Gasteiger partial charge in [-0.1, -0.05) is 29.3 Å². The molecule has 0 saturated carbocycles.